The number of hydrogen-bond acceptors (Lipinski definition) is 4. The molecule has 0 spiro atoms. The lowest BCUT2D eigenvalue weighted by molar-refractivity contribution is 0.590. The van der Waals surface area contributed by atoms with Crippen molar-refractivity contribution < 1.29 is 12.8 Å². The van der Waals surface area contributed by atoms with Crippen molar-refractivity contribution in [3.63, 3.8) is 0 Å². The average molecular weight is 348 g/mol. The molecule has 6 heteroatoms. The maximum atomic E-state index is 14.4. The number of pyridine rings is 1. The van der Waals surface area contributed by atoms with Gasteiger partial charge in [-0.15, -0.1) is 0 Å². The van der Waals surface area contributed by atoms with Crippen LogP contribution >= 0.6 is 0 Å². The van der Waals surface area contributed by atoms with Gasteiger partial charge in [-0.3, -0.25) is 0 Å². The van der Waals surface area contributed by atoms with Crippen molar-refractivity contribution in [2.45, 2.75) is 50.2 Å². The fraction of sp³-hybridized carbons (Fsp3) is 0.389. The summed E-state index contributed by atoms with van der Waals surface area (Å²) in [6.45, 7) is 6.02. The predicted octanol–water partition coefficient (Wildman–Crippen LogP) is 4.08. The van der Waals surface area contributed by atoms with Crippen molar-refractivity contribution >= 4 is 21.3 Å². The molecule has 24 heavy (non-hydrogen) atoms. The van der Waals surface area contributed by atoms with Crippen molar-refractivity contribution in [1.29, 1.82) is 0 Å². The standard InChI is InChI=1S/C18H21FN2O2S/c1-4-13-10-20-18(12(3)11(13)2)21-17-8-7-15(9-16(17)19)24(22,23)14-5-6-14/h7-10,14H,4-6H2,1-3H3,(H,20,21). The lowest BCUT2D eigenvalue weighted by atomic mass is 10.0. The Labute approximate surface area is 142 Å². The summed E-state index contributed by atoms with van der Waals surface area (Å²) in [5.74, 6) is -0.00320. The highest BCUT2D eigenvalue weighted by Gasteiger charge is 2.37. The molecule has 2 aromatic rings. The molecule has 1 aliphatic rings. The van der Waals surface area contributed by atoms with Crippen LogP contribution in [0, 0.1) is 19.7 Å². The molecule has 1 heterocycles. The van der Waals surface area contributed by atoms with Crippen molar-refractivity contribution in [2.24, 2.45) is 0 Å². The molecule has 3 rings (SSSR count). The SMILES string of the molecule is CCc1cnc(Nc2ccc(S(=O)(=O)C3CC3)cc2F)c(C)c1C. The molecule has 1 aliphatic carbocycles. The van der Waals surface area contributed by atoms with E-state index in [4.69, 9.17) is 0 Å². The van der Waals surface area contributed by atoms with Crippen molar-refractivity contribution in [2.75, 3.05) is 5.32 Å². The Balaban J connectivity index is 1.90. The fourth-order valence-corrected chi connectivity index (χ4v) is 4.38. The summed E-state index contributed by atoms with van der Waals surface area (Å²) >= 11 is 0. The van der Waals surface area contributed by atoms with Gasteiger partial charge in [-0.05, 0) is 68.0 Å². The molecule has 0 saturated heterocycles. The highest BCUT2D eigenvalue weighted by Crippen LogP contribution is 2.35. The van der Waals surface area contributed by atoms with Gasteiger partial charge in [-0.2, -0.15) is 0 Å². The number of anilines is 2. The second-order valence-electron chi connectivity index (χ2n) is 6.25. The Kier molecular flexibility index (Phi) is 4.34. The molecule has 1 fully saturated rings. The molecule has 1 aromatic heterocycles. The molecule has 4 nitrogen and oxygen atoms in total. The van der Waals surface area contributed by atoms with Crippen LogP contribution in [-0.4, -0.2) is 18.7 Å². The minimum absolute atomic E-state index is 0.0512. The number of nitrogens with one attached hydrogen (secondary N) is 1. The van der Waals surface area contributed by atoms with E-state index in [1.807, 2.05) is 13.8 Å². The summed E-state index contributed by atoms with van der Waals surface area (Å²) in [5.41, 5.74) is 3.47. The van der Waals surface area contributed by atoms with E-state index < -0.39 is 15.7 Å². The van der Waals surface area contributed by atoms with Crippen molar-refractivity contribution in [1.82, 2.24) is 4.98 Å². The first kappa shape index (κ1) is 16.9. The Morgan fingerprint density at radius 3 is 2.54 bits per heavy atom. The van der Waals surface area contributed by atoms with Gasteiger partial charge in [0.2, 0.25) is 0 Å². The Hall–Kier alpha value is -1.95. The first-order valence-electron chi connectivity index (χ1n) is 8.10. The number of nitrogens with zero attached hydrogens (tertiary/aromatic N) is 1. The van der Waals surface area contributed by atoms with Gasteiger partial charge < -0.3 is 5.32 Å². The van der Waals surface area contributed by atoms with Crippen LogP contribution in [0.4, 0.5) is 15.9 Å². The molecule has 0 amide bonds. The number of rotatable bonds is 5. The normalized spacial score (nSPS) is 14.7. The molecule has 1 saturated carbocycles. The van der Waals surface area contributed by atoms with Crippen molar-refractivity contribution in [3.8, 4) is 0 Å². The van der Waals surface area contributed by atoms with E-state index in [0.717, 1.165) is 29.2 Å². The highest BCUT2D eigenvalue weighted by atomic mass is 32.2. The zero-order valence-electron chi connectivity index (χ0n) is 14.1. The zero-order valence-corrected chi connectivity index (χ0v) is 14.9. The van der Waals surface area contributed by atoms with Gasteiger partial charge in [0.15, 0.2) is 9.84 Å². The Morgan fingerprint density at radius 1 is 1.25 bits per heavy atom. The number of halogens is 1. The van der Waals surface area contributed by atoms with Crippen LogP contribution in [0.3, 0.4) is 0 Å². The molecule has 0 atom stereocenters. The smallest absolute Gasteiger partial charge is 0.181 e. The lowest BCUT2D eigenvalue weighted by Crippen LogP contribution is -2.08. The molecule has 1 N–H and O–H groups in total. The molecule has 0 bridgehead atoms. The van der Waals surface area contributed by atoms with Gasteiger partial charge in [0, 0.05) is 6.20 Å². The number of aromatic nitrogens is 1. The van der Waals surface area contributed by atoms with Gasteiger partial charge in [0.1, 0.15) is 11.6 Å². The van der Waals surface area contributed by atoms with E-state index in [0.29, 0.717) is 18.7 Å². The molecular weight excluding hydrogens is 327 g/mol. The third-order valence-electron chi connectivity index (χ3n) is 4.62. The summed E-state index contributed by atoms with van der Waals surface area (Å²) in [6, 6.07) is 4.02. The number of sulfone groups is 1. The van der Waals surface area contributed by atoms with Crippen LogP contribution in [0.25, 0.3) is 0 Å². The maximum Gasteiger partial charge on any atom is 0.181 e. The number of benzene rings is 1. The zero-order chi connectivity index (χ0) is 17.5. The fourth-order valence-electron chi connectivity index (χ4n) is 2.71. The largest absolute Gasteiger partial charge is 0.338 e. The minimum Gasteiger partial charge on any atom is -0.338 e. The van der Waals surface area contributed by atoms with Gasteiger partial charge in [0.05, 0.1) is 15.8 Å². The second kappa shape index (κ2) is 6.16. The van der Waals surface area contributed by atoms with Crippen LogP contribution < -0.4 is 5.32 Å². The number of hydrogen-bond donors (Lipinski definition) is 1. The minimum atomic E-state index is -3.39. The van der Waals surface area contributed by atoms with Crippen LogP contribution in [0.5, 0.6) is 0 Å². The monoisotopic (exact) mass is 348 g/mol. The molecule has 128 valence electrons. The molecule has 1 aromatic carbocycles. The molecule has 0 radical (unpaired) electrons. The van der Waals surface area contributed by atoms with Gasteiger partial charge >= 0.3 is 0 Å². The summed E-state index contributed by atoms with van der Waals surface area (Å²) in [5, 5.41) is 2.63. The van der Waals surface area contributed by atoms with E-state index >= 15 is 0 Å². The summed E-state index contributed by atoms with van der Waals surface area (Å²) in [7, 11) is -3.39. The summed E-state index contributed by atoms with van der Waals surface area (Å²) in [6.07, 6.45) is 4.00. The highest BCUT2D eigenvalue weighted by molar-refractivity contribution is 7.92. The lowest BCUT2D eigenvalue weighted by Gasteiger charge is -2.14. The van der Waals surface area contributed by atoms with Gasteiger partial charge in [-0.25, -0.2) is 17.8 Å². The second-order valence-corrected chi connectivity index (χ2v) is 8.47. The van der Waals surface area contributed by atoms with Crippen LogP contribution in [0.1, 0.15) is 36.5 Å². The Morgan fingerprint density at radius 2 is 1.96 bits per heavy atom. The van der Waals surface area contributed by atoms with Crippen molar-refractivity contribution in [3.05, 3.63) is 46.9 Å². The first-order valence-corrected chi connectivity index (χ1v) is 9.64. The van der Waals surface area contributed by atoms with E-state index in [-0.39, 0.29) is 15.8 Å². The summed E-state index contributed by atoms with van der Waals surface area (Å²) < 4.78 is 38.7. The van der Waals surface area contributed by atoms with Gasteiger partial charge in [0.25, 0.3) is 0 Å². The third-order valence-corrected chi connectivity index (χ3v) is 6.88. The Bertz CT molecular complexity index is 890. The third kappa shape index (κ3) is 3.02. The quantitative estimate of drug-likeness (QED) is 0.884. The van der Waals surface area contributed by atoms with Gasteiger partial charge in [-0.1, -0.05) is 6.92 Å². The van der Waals surface area contributed by atoms with Crippen LogP contribution in [-0.2, 0) is 16.3 Å². The molecular formula is C18H21FN2O2S. The van der Waals surface area contributed by atoms with Crippen LogP contribution in [0.2, 0.25) is 0 Å². The van der Waals surface area contributed by atoms with E-state index in [1.165, 1.54) is 12.1 Å². The topological polar surface area (TPSA) is 59.1 Å². The molecule has 0 aliphatic heterocycles. The van der Waals surface area contributed by atoms with Crippen LogP contribution in [0.15, 0.2) is 29.3 Å². The first-order chi connectivity index (χ1) is 11.3. The maximum absolute atomic E-state index is 14.4. The van der Waals surface area contributed by atoms with E-state index in [9.17, 15) is 12.8 Å². The molecule has 0 unspecified atom stereocenters. The van der Waals surface area contributed by atoms with E-state index in [2.05, 4.69) is 17.2 Å². The summed E-state index contributed by atoms with van der Waals surface area (Å²) in [4.78, 5) is 4.41. The number of aryl methyl sites for hydroxylation is 1. The predicted molar refractivity (Wildman–Crippen MR) is 93.0 cm³/mol. The average Bonchev–Trinajstić information content (AvgIpc) is 3.39. The van der Waals surface area contributed by atoms with E-state index in [1.54, 1.807) is 6.20 Å².